The van der Waals surface area contributed by atoms with Crippen LogP contribution in [0.2, 0.25) is 0 Å². The molecular weight excluding hydrogens is 428 g/mol. The van der Waals surface area contributed by atoms with Gasteiger partial charge in [0, 0.05) is 0 Å². The summed E-state index contributed by atoms with van der Waals surface area (Å²) < 4.78 is 21.1. The molecule has 0 aliphatic rings. The summed E-state index contributed by atoms with van der Waals surface area (Å²) in [4.78, 5) is 10.1. The van der Waals surface area contributed by atoms with E-state index < -0.39 is 18.1 Å². The molecule has 10 nitrogen and oxygen atoms in total. The Hall–Kier alpha value is -3.94. The summed E-state index contributed by atoms with van der Waals surface area (Å²) in [5.41, 5.74) is 18.0. The molecule has 1 amide bonds. The molecule has 2 aromatic rings. The molecule has 0 aliphatic carbocycles. The van der Waals surface area contributed by atoms with Crippen molar-refractivity contribution in [2.45, 2.75) is 19.1 Å². The zero-order chi connectivity index (χ0) is 25.1. The smallest absolute Gasteiger partial charge is 0.237 e. The number of aliphatic hydroxyl groups is 1. The van der Waals surface area contributed by atoms with E-state index in [-0.39, 0.29) is 0 Å². The van der Waals surface area contributed by atoms with Crippen LogP contribution < -0.4 is 36.1 Å². The monoisotopic (exact) mass is 458 g/mol. The molecule has 0 radical (unpaired) electrons. The van der Waals surface area contributed by atoms with Gasteiger partial charge in [0.25, 0.3) is 0 Å². The molecule has 2 aromatic carbocycles. The van der Waals surface area contributed by atoms with Crippen molar-refractivity contribution < 1.29 is 28.8 Å². The van der Waals surface area contributed by atoms with Gasteiger partial charge in [0.05, 0.1) is 51.9 Å². The van der Waals surface area contributed by atoms with Gasteiger partial charge in [-0.15, -0.1) is 0 Å². The van der Waals surface area contributed by atoms with Crippen LogP contribution >= 0.6 is 0 Å². The summed E-state index contributed by atoms with van der Waals surface area (Å²) in [6, 6.07) is 10.0. The lowest BCUT2D eigenvalue weighted by molar-refractivity contribution is -0.121. The molecule has 2 atom stereocenters. The standard InChI is InChI=1S/C19H20N2O4.C4H10N2O2/c1-22-16-6-5-12(8-15(16)21)7-14(11-20)13-9-17(23-2)19(25-4)18(10-13)24-3;1-2(7)3(5)4(6)8/h5-10H,21H2,1-4H3;2-3,7H,5H2,1H3,(H2,6,8)/t;2-,3+/m.0/s1. The molecule has 2 rings (SSSR count). The number of carbonyl (C=O) groups excluding carboxylic acids is 1. The Balaban J connectivity index is 0.000000582. The Morgan fingerprint density at radius 2 is 1.58 bits per heavy atom. The summed E-state index contributed by atoms with van der Waals surface area (Å²) in [5, 5.41) is 18.1. The largest absolute Gasteiger partial charge is 0.495 e. The highest BCUT2D eigenvalue weighted by molar-refractivity contribution is 5.91. The van der Waals surface area contributed by atoms with Gasteiger partial charge in [-0.05, 0) is 48.4 Å². The molecule has 33 heavy (non-hydrogen) atoms. The third kappa shape index (κ3) is 7.31. The lowest BCUT2D eigenvalue weighted by atomic mass is 10.0. The number of nitrogens with two attached hydrogens (primary N) is 3. The molecule has 0 saturated carbocycles. The van der Waals surface area contributed by atoms with Crippen LogP contribution in [-0.4, -0.2) is 51.6 Å². The molecule has 0 unspecified atom stereocenters. The van der Waals surface area contributed by atoms with Crippen LogP contribution in [0.4, 0.5) is 5.69 Å². The molecule has 0 saturated heterocycles. The SMILES string of the molecule is COc1ccc(C=C(C#N)c2cc(OC)c(OC)c(OC)c2)cc1N.C[C@H](O)[C@@H](N)C(N)=O. The number of carbonyl (C=O) groups is 1. The first-order chi connectivity index (χ1) is 15.6. The van der Waals surface area contributed by atoms with E-state index in [1.165, 1.54) is 28.3 Å². The van der Waals surface area contributed by atoms with E-state index in [1.54, 1.807) is 37.5 Å². The topological polar surface area (TPSA) is 176 Å². The number of primary amides is 1. The fourth-order valence-electron chi connectivity index (χ4n) is 2.66. The molecule has 178 valence electrons. The number of rotatable bonds is 8. The number of nitrogen functional groups attached to an aromatic ring is 1. The third-order valence-corrected chi connectivity index (χ3v) is 4.51. The number of methoxy groups -OCH3 is 4. The second-order valence-corrected chi connectivity index (χ2v) is 6.75. The Labute approximate surface area is 193 Å². The number of benzene rings is 2. The molecule has 0 bridgehead atoms. The van der Waals surface area contributed by atoms with Gasteiger partial charge in [0.15, 0.2) is 11.5 Å². The highest BCUT2D eigenvalue weighted by Gasteiger charge is 2.15. The van der Waals surface area contributed by atoms with Crippen LogP contribution in [0.15, 0.2) is 30.3 Å². The minimum absolute atomic E-state index is 0.434. The van der Waals surface area contributed by atoms with E-state index >= 15 is 0 Å². The average Bonchev–Trinajstić information content (AvgIpc) is 2.81. The number of amides is 1. The Kier molecular flexibility index (Phi) is 10.5. The van der Waals surface area contributed by atoms with Crippen LogP contribution in [0, 0.1) is 11.3 Å². The van der Waals surface area contributed by atoms with Crippen molar-refractivity contribution in [3.05, 3.63) is 41.5 Å². The minimum Gasteiger partial charge on any atom is -0.495 e. The van der Waals surface area contributed by atoms with Crippen molar-refractivity contribution in [1.82, 2.24) is 0 Å². The lowest BCUT2D eigenvalue weighted by Crippen LogP contribution is -2.44. The number of ether oxygens (including phenoxy) is 4. The molecule has 0 spiro atoms. The second-order valence-electron chi connectivity index (χ2n) is 6.75. The minimum atomic E-state index is -0.935. The number of allylic oxidation sites excluding steroid dienone is 1. The van der Waals surface area contributed by atoms with Gasteiger partial charge in [0.2, 0.25) is 11.7 Å². The van der Waals surface area contributed by atoms with Crippen molar-refractivity contribution in [3.8, 4) is 29.1 Å². The zero-order valence-corrected chi connectivity index (χ0v) is 19.3. The summed E-state index contributed by atoms with van der Waals surface area (Å²) >= 11 is 0. The maximum absolute atomic E-state index is 10.1. The lowest BCUT2D eigenvalue weighted by Gasteiger charge is -2.14. The quantitative estimate of drug-likeness (QED) is 0.260. The van der Waals surface area contributed by atoms with Crippen LogP contribution in [0.5, 0.6) is 23.0 Å². The molecule has 0 heterocycles. The summed E-state index contributed by atoms with van der Waals surface area (Å²) in [6.45, 7) is 1.41. The number of hydrogen-bond donors (Lipinski definition) is 4. The second kappa shape index (κ2) is 12.8. The molecule has 0 aliphatic heterocycles. The molecule has 0 fully saturated rings. The maximum atomic E-state index is 10.1. The van der Waals surface area contributed by atoms with Gasteiger partial charge in [0.1, 0.15) is 11.8 Å². The molecule has 0 aromatic heterocycles. The maximum Gasteiger partial charge on any atom is 0.237 e. The summed E-state index contributed by atoms with van der Waals surface area (Å²) in [5.74, 6) is 1.34. The van der Waals surface area contributed by atoms with Crippen molar-refractivity contribution in [3.63, 3.8) is 0 Å². The van der Waals surface area contributed by atoms with E-state index in [0.717, 1.165) is 5.56 Å². The number of nitrogens with zero attached hydrogens (tertiary/aromatic N) is 1. The van der Waals surface area contributed by atoms with Gasteiger partial charge in [-0.3, -0.25) is 4.79 Å². The third-order valence-electron chi connectivity index (χ3n) is 4.51. The van der Waals surface area contributed by atoms with Crippen molar-refractivity contribution in [1.29, 1.82) is 5.26 Å². The fraction of sp³-hybridized carbons (Fsp3) is 0.304. The first-order valence-corrected chi connectivity index (χ1v) is 9.72. The normalized spacial score (nSPS) is 12.4. The first-order valence-electron chi connectivity index (χ1n) is 9.72. The van der Waals surface area contributed by atoms with Crippen LogP contribution in [0.3, 0.4) is 0 Å². The van der Waals surface area contributed by atoms with E-state index in [2.05, 4.69) is 6.07 Å². The zero-order valence-electron chi connectivity index (χ0n) is 19.3. The number of nitriles is 1. The van der Waals surface area contributed by atoms with Gasteiger partial charge >= 0.3 is 0 Å². The number of hydrogen-bond acceptors (Lipinski definition) is 9. The Morgan fingerprint density at radius 1 is 1.03 bits per heavy atom. The van der Waals surface area contributed by atoms with Crippen LogP contribution in [0.25, 0.3) is 11.6 Å². The van der Waals surface area contributed by atoms with E-state index in [4.69, 9.17) is 41.3 Å². The summed E-state index contributed by atoms with van der Waals surface area (Å²) in [7, 11) is 6.14. The van der Waals surface area contributed by atoms with Gasteiger partial charge < -0.3 is 41.3 Å². The van der Waals surface area contributed by atoms with Gasteiger partial charge in [-0.25, -0.2) is 0 Å². The van der Waals surface area contributed by atoms with Crippen molar-refractivity contribution >= 4 is 23.2 Å². The van der Waals surface area contributed by atoms with E-state index in [9.17, 15) is 10.1 Å². The van der Waals surface area contributed by atoms with Crippen LogP contribution in [0.1, 0.15) is 18.1 Å². The average molecular weight is 459 g/mol. The van der Waals surface area contributed by atoms with Crippen molar-refractivity contribution in [2.24, 2.45) is 11.5 Å². The van der Waals surface area contributed by atoms with Crippen LogP contribution in [-0.2, 0) is 4.79 Å². The Bertz CT molecular complexity index is 1010. The highest BCUT2D eigenvalue weighted by Crippen LogP contribution is 2.40. The highest BCUT2D eigenvalue weighted by atomic mass is 16.5. The number of aliphatic hydroxyl groups excluding tert-OH is 1. The molecular formula is C23H30N4O6. The predicted octanol–water partition coefficient (Wildman–Crippen LogP) is 1.55. The predicted molar refractivity (Wildman–Crippen MR) is 126 cm³/mol. The van der Waals surface area contributed by atoms with Gasteiger partial charge in [-0.1, -0.05) is 6.07 Å². The fourth-order valence-corrected chi connectivity index (χ4v) is 2.66. The number of anilines is 1. The van der Waals surface area contributed by atoms with Gasteiger partial charge in [-0.2, -0.15) is 5.26 Å². The first kappa shape index (κ1) is 27.1. The van der Waals surface area contributed by atoms with Crippen molar-refractivity contribution in [2.75, 3.05) is 34.2 Å². The van der Waals surface area contributed by atoms with E-state index in [0.29, 0.717) is 39.8 Å². The van der Waals surface area contributed by atoms with E-state index in [1.807, 2.05) is 6.07 Å². The Morgan fingerprint density at radius 3 is 1.91 bits per heavy atom. The molecule has 10 heteroatoms. The molecule has 7 N–H and O–H groups in total. The summed E-state index contributed by atoms with van der Waals surface area (Å²) in [6.07, 6.45) is 0.878.